The second kappa shape index (κ2) is 5.42. The van der Waals surface area contributed by atoms with Gasteiger partial charge in [0.15, 0.2) is 0 Å². The highest BCUT2D eigenvalue weighted by Gasteiger charge is 2.51. The van der Waals surface area contributed by atoms with Crippen molar-refractivity contribution in [2.75, 3.05) is 7.11 Å². The molecule has 1 fully saturated rings. The van der Waals surface area contributed by atoms with Crippen LogP contribution in [0.1, 0.15) is 23.3 Å². The topological polar surface area (TPSA) is 88.5 Å². The Labute approximate surface area is 130 Å². The van der Waals surface area contributed by atoms with E-state index in [1.165, 1.54) is 11.3 Å². The zero-order chi connectivity index (χ0) is 15.7. The molecule has 1 aliphatic rings. The first-order chi connectivity index (χ1) is 10.5. The molecule has 1 heterocycles. The van der Waals surface area contributed by atoms with Gasteiger partial charge in [0, 0.05) is 10.9 Å². The van der Waals surface area contributed by atoms with Crippen molar-refractivity contribution in [3.8, 4) is 16.3 Å². The van der Waals surface area contributed by atoms with Gasteiger partial charge < -0.3 is 15.2 Å². The van der Waals surface area contributed by atoms with Gasteiger partial charge >= 0.3 is 5.97 Å². The lowest BCUT2D eigenvalue weighted by molar-refractivity contribution is -0.140. The molecule has 1 aromatic carbocycles. The summed E-state index contributed by atoms with van der Waals surface area (Å²) in [6.07, 6.45) is 0.924. The molecule has 1 aromatic heterocycles. The van der Waals surface area contributed by atoms with Gasteiger partial charge in [0.25, 0.3) is 5.91 Å². The van der Waals surface area contributed by atoms with E-state index in [2.05, 4.69) is 10.3 Å². The van der Waals surface area contributed by atoms with Crippen molar-refractivity contribution >= 4 is 23.2 Å². The second-order valence-electron chi connectivity index (χ2n) is 5.11. The van der Waals surface area contributed by atoms with Gasteiger partial charge in [-0.25, -0.2) is 9.78 Å². The van der Waals surface area contributed by atoms with Crippen LogP contribution in [0.4, 0.5) is 0 Å². The van der Waals surface area contributed by atoms with Crippen LogP contribution in [-0.4, -0.2) is 34.6 Å². The molecule has 1 aliphatic carbocycles. The zero-order valence-electron chi connectivity index (χ0n) is 11.8. The molecular formula is C15H14N2O4S. The normalized spacial score (nSPS) is 15.1. The van der Waals surface area contributed by atoms with Crippen molar-refractivity contribution in [3.05, 3.63) is 35.3 Å². The van der Waals surface area contributed by atoms with Crippen LogP contribution >= 0.6 is 11.3 Å². The number of carbonyl (C=O) groups is 2. The molecule has 0 spiro atoms. The van der Waals surface area contributed by atoms with Crippen molar-refractivity contribution in [2.24, 2.45) is 0 Å². The van der Waals surface area contributed by atoms with Crippen LogP contribution in [0.25, 0.3) is 10.6 Å². The lowest BCUT2D eigenvalue weighted by atomic mass is 10.2. The standard InChI is InChI=1S/C15H14N2O4S/c1-21-10-4-2-9(3-5-10)13-16-11(8-22-13)12(18)17-15(6-7-15)14(19)20/h2-5,8H,6-7H2,1H3,(H,17,18)(H,19,20). The molecule has 114 valence electrons. The summed E-state index contributed by atoms with van der Waals surface area (Å²) < 4.78 is 5.10. The molecule has 0 radical (unpaired) electrons. The molecule has 0 aliphatic heterocycles. The summed E-state index contributed by atoms with van der Waals surface area (Å²) in [7, 11) is 1.59. The number of benzene rings is 1. The van der Waals surface area contributed by atoms with Gasteiger partial charge in [-0.05, 0) is 37.1 Å². The maximum Gasteiger partial charge on any atom is 0.329 e. The summed E-state index contributed by atoms with van der Waals surface area (Å²) in [4.78, 5) is 27.5. The van der Waals surface area contributed by atoms with E-state index in [4.69, 9.17) is 9.84 Å². The van der Waals surface area contributed by atoms with Gasteiger partial charge in [-0.2, -0.15) is 0 Å². The van der Waals surface area contributed by atoms with Crippen LogP contribution in [0.3, 0.4) is 0 Å². The lowest BCUT2D eigenvalue weighted by Gasteiger charge is -2.10. The number of hydrogen-bond acceptors (Lipinski definition) is 5. The summed E-state index contributed by atoms with van der Waals surface area (Å²) in [5.74, 6) is -0.697. The molecule has 2 aromatic rings. The smallest absolute Gasteiger partial charge is 0.329 e. The maximum atomic E-state index is 12.1. The molecule has 3 rings (SSSR count). The number of methoxy groups -OCH3 is 1. The van der Waals surface area contributed by atoms with Gasteiger partial charge in [-0.1, -0.05) is 0 Å². The minimum atomic E-state index is -1.10. The summed E-state index contributed by atoms with van der Waals surface area (Å²) in [5, 5.41) is 14.0. The number of hydrogen-bond donors (Lipinski definition) is 2. The molecule has 0 unspecified atom stereocenters. The van der Waals surface area contributed by atoms with Gasteiger partial charge in [0.05, 0.1) is 7.11 Å². The van der Waals surface area contributed by atoms with Crippen molar-refractivity contribution in [1.29, 1.82) is 0 Å². The number of nitrogens with zero attached hydrogens (tertiary/aromatic N) is 1. The fourth-order valence-corrected chi connectivity index (χ4v) is 2.85. The molecule has 6 nitrogen and oxygen atoms in total. The van der Waals surface area contributed by atoms with E-state index in [0.717, 1.165) is 11.3 Å². The Morgan fingerprint density at radius 2 is 2.00 bits per heavy atom. The van der Waals surface area contributed by atoms with Gasteiger partial charge in [0.1, 0.15) is 22.0 Å². The van der Waals surface area contributed by atoms with Crippen molar-refractivity contribution in [3.63, 3.8) is 0 Å². The van der Waals surface area contributed by atoms with Gasteiger partial charge in [0.2, 0.25) is 0 Å². The number of aliphatic carboxylic acids is 1. The molecule has 0 saturated heterocycles. The lowest BCUT2D eigenvalue weighted by Crippen LogP contribution is -2.43. The minimum absolute atomic E-state index is 0.239. The van der Waals surface area contributed by atoms with E-state index >= 15 is 0 Å². The predicted molar refractivity (Wildman–Crippen MR) is 81.2 cm³/mol. The second-order valence-corrected chi connectivity index (χ2v) is 5.97. The SMILES string of the molecule is COc1ccc(-c2nc(C(=O)NC3(C(=O)O)CC3)cs2)cc1. The fraction of sp³-hybridized carbons (Fsp3) is 0.267. The van der Waals surface area contributed by atoms with Gasteiger partial charge in [-0.15, -0.1) is 11.3 Å². The number of carbonyl (C=O) groups excluding carboxylic acids is 1. The number of nitrogens with one attached hydrogen (secondary N) is 1. The third-order valence-electron chi connectivity index (χ3n) is 3.59. The zero-order valence-corrected chi connectivity index (χ0v) is 12.6. The van der Waals surface area contributed by atoms with Crippen molar-refractivity contribution in [1.82, 2.24) is 10.3 Å². The molecule has 7 heteroatoms. The first kappa shape index (κ1) is 14.5. The Morgan fingerprint density at radius 3 is 2.55 bits per heavy atom. The molecular weight excluding hydrogens is 304 g/mol. The highest BCUT2D eigenvalue weighted by molar-refractivity contribution is 7.13. The quantitative estimate of drug-likeness (QED) is 0.882. The molecule has 0 bridgehead atoms. The minimum Gasteiger partial charge on any atom is -0.497 e. The van der Waals surface area contributed by atoms with Crippen LogP contribution in [0, 0.1) is 0 Å². The van der Waals surface area contributed by atoms with Crippen LogP contribution in [0.5, 0.6) is 5.75 Å². The summed E-state index contributed by atoms with van der Waals surface area (Å²) in [5.41, 5.74) is 0.0219. The summed E-state index contributed by atoms with van der Waals surface area (Å²) in [6, 6.07) is 7.36. The third kappa shape index (κ3) is 2.67. The Kier molecular flexibility index (Phi) is 3.58. The van der Waals surface area contributed by atoms with E-state index in [0.29, 0.717) is 17.8 Å². The van der Waals surface area contributed by atoms with Crippen molar-refractivity contribution in [2.45, 2.75) is 18.4 Å². The van der Waals surface area contributed by atoms with Gasteiger partial charge in [-0.3, -0.25) is 4.79 Å². The monoisotopic (exact) mass is 318 g/mol. The van der Waals surface area contributed by atoms with Crippen LogP contribution < -0.4 is 10.1 Å². The Hall–Kier alpha value is -2.41. The molecule has 2 N–H and O–H groups in total. The Morgan fingerprint density at radius 1 is 1.32 bits per heavy atom. The van der Waals surface area contributed by atoms with Crippen LogP contribution in [-0.2, 0) is 4.79 Å². The number of carboxylic acids is 1. The van der Waals surface area contributed by atoms with Crippen LogP contribution in [0.2, 0.25) is 0 Å². The highest BCUT2D eigenvalue weighted by Crippen LogP contribution is 2.36. The van der Waals surface area contributed by atoms with E-state index in [-0.39, 0.29) is 5.69 Å². The first-order valence-corrected chi connectivity index (χ1v) is 7.58. The number of thiazole rings is 1. The van der Waals surface area contributed by atoms with Crippen molar-refractivity contribution < 1.29 is 19.4 Å². The van der Waals surface area contributed by atoms with E-state index in [1.807, 2.05) is 24.3 Å². The number of ether oxygens (including phenoxy) is 1. The molecule has 0 atom stereocenters. The first-order valence-electron chi connectivity index (χ1n) is 6.70. The summed E-state index contributed by atoms with van der Waals surface area (Å²) >= 11 is 1.34. The maximum absolute atomic E-state index is 12.1. The molecule has 1 saturated carbocycles. The Bertz CT molecular complexity index is 719. The molecule has 22 heavy (non-hydrogen) atoms. The fourth-order valence-electron chi connectivity index (χ4n) is 2.04. The number of carboxylic acid groups (broad SMARTS) is 1. The third-order valence-corrected chi connectivity index (χ3v) is 4.48. The van der Waals surface area contributed by atoms with E-state index < -0.39 is 17.4 Å². The number of amides is 1. The average Bonchev–Trinajstić information content (AvgIpc) is 3.14. The summed E-state index contributed by atoms with van der Waals surface area (Å²) in [6.45, 7) is 0. The van der Waals surface area contributed by atoms with Crippen LogP contribution in [0.15, 0.2) is 29.6 Å². The Balaban J connectivity index is 1.75. The van der Waals surface area contributed by atoms with E-state index in [9.17, 15) is 9.59 Å². The number of rotatable bonds is 5. The number of aromatic nitrogens is 1. The molecule has 1 amide bonds. The highest BCUT2D eigenvalue weighted by atomic mass is 32.1. The average molecular weight is 318 g/mol. The predicted octanol–water partition coefficient (Wildman–Crippen LogP) is 2.17. The van der Waals surface area contributed by atoms with E-state index in [1.54, 1.807) is 12.5 Å². The largest absolute Gasteiger partial charge is 0.497 e.